The largest absolute Gasteiger partial charge is 0.573 e. The Balaban J connectivity index is 1.57. The van der Waals surface area contributed by atoms with Gasteiger partial charge in [0.25, 0.3) is 0 Å². The number of tetrazole rings is 1. The van der Waals surface area contributed by atoms with Gasteiger partial charge in [0, 0.05) is 24.3 Å². The highest BCUT2D eigenvalue weighted by molar-refractivity contribution is 6.02. The van der Waals surface area contributed by atoms with Crippen molar-refractivity contribution in [3.63, 3.8) is 0 Å². The van der Waals surface area contributed by atoms with Gasteiger partial charge in [0.1, 0.15) is 11.6 Å². The van der Waals surface area contributed by atoms with Crippen LogP contribution in [-0.2, 0) is 12.7 Å². The van der Waals surface area contributed by atoms with Crippen molar-refractivity contribution in [1.29, 1.82) is 0 Å². The standard InChI is InChI=1S/C32H23F10N7O2/c33-20-7-5-19(25(16-20)31(37,38)39)17-49(14-13-30(34,35)36)27-12-6-18(23-3-1-2-4-24(23)28-45-47-48-46-28)15-26(27)44-29(50)43-21-8-10-22(11-9-21)51-32(40,41)42/h1-12,15-16H,13-14,17H2,(H2,43,44,50)(H,45,46,47,48). The molecule has 19 heteroatoms. The van der Waals surface area contributed by atoms with Crippen molar-refractivity contribution in [3.05, 3.63) is 102 Å². The van der Waals surface area contributed by atoms with E-state index in [9.17, 15) is 48.7 Å². The van der Waals surface area contributed by atoms with Crippen LogP contribution in [-0.4, -0.2) is 45.7 Å². The molecule has 0 radical (unpaired) electrons. The van der Waals surface area contributed by atoms with E-state index in [1.54, 1.807) is 24.3 Å². The molecule has 0 aliphatic rings. The van der Waals surface area contributed by atoms with Crippen LogP contribution in [0.15, 0.2) is 84.9 Å². The van der Waals surface area contributed by atoms with Crippen LogP contribution < -0.4 is 20.3 Å². The number of anilines is 3. The third-order valence-corrected chi connectivity index (χ3v) is 7.17. The molecular formula is C32H23F10N7O2. The molecule has 3 N–H and O–H groups in total. The van der Waals surface area contributed by atoms with E-state index in [2.05, 4.69) is 36.0 Å². The van der Waals surface area contributed by atoms with E-state index in [0.717, 1.165) is 41.3 Å². The number of nitrogens with one attached hydrogen (secondary N) is 3. The van der Waals surface area contributed by atoms with Crippen molar-refractivity contribution in [2.24, 2.45) is 0 Å². The summed E-state index contributed by atoms with van der Waals surface area (Å²) in [5.41, 5.74) is -0.978. The fourth-order valence-corrected chi connectivity index (χ4v) is 5.02. The normalized spacial score (nSPS) is 12.0. The highest BCUT2D eigenvalue weighted by Gasteiger charge is 2.35. The topological polar surface area (TPSA) is 108 Å². The van der Waals surface area contributed by atoms with Crippen molar-refractivity contribution < 1.29 is 53.4 Å². The van der Waals surface area contributed by atoms with Crippen LogP contribution in [0.4, 0.5) is 65.8 Å². The number of carbonyl (C=O) groups excluding carboxylic acids is 1. The Hall–Kier alpha value is -5.88. The molecule has 2 amide bonds. The van der Waals surface area contributed by atoms with E-state index in [0.29, 0.717) is 16.7 Å². The molecule has 268 valence electrons. The molecule has 51 heavy (non-hydrogen) atoms. The molecule has 1 aromatic heterocycles. The van der Waals surface area contributed by atoms with Gasteiger partial charge in [0.05, 0.1) is 23.4 Å². The Labute approximate surface area is 281 Å². The summed E-state index contributed by atoms with van der Waals surface area (Å²) in [4.78, 5) is 14.2. The first-order valence-electron chi connectivity index (χ1n) is 14.5. The van der Waals surface area contributed by atoms with Crippen LogP contribution in [0.5, 0.6) is 5.75 Å². The lowest BCUT2D eigenvalue weighted by Crippen LogP contribution is -2.30. The van der Waals surface area contributed by atoms with Gasteiger partial charge in [-0.25, -0.2) is 14.3 Å². The van der Waals surface area contributed by atoms with Crippen molar-refractivity contribution in [2.45, 2.75) is 31.7 Å². The molecular weight excluding hydrogens is 704 g/mol. The lowest BCUT2D eigenvalue weighted by Gasteiger charge is -2.29. The summed E-state index contributed by atoms with van der Waals surface area (Å²) in [5.74, 6) is -1.55. The number of carbonyl (C=O) groups is 1. The fraction of sp³-hybridized carbons (Fsp3) is 0.188. The minimum Gasteiger partial charge on any atom is -0.406 e. The zero-order valence-electron chi connectivity index (χ0n) is 25.6. The Kier molecular flexibility index (Phi) is 10.4. The van der Waals surface area contributed by atoms with Crippen LogP contribution in [0.25, 0.3) is 22.5 Å². The fourth-order valence-electron chi connectivity index (χ4n) is 5.02. The van der Waals surface area contributed by atoms with Gasteiger partial charge >= 0.3 is 24.7 Å². The average Bonchev–Trinajstić information content (AvgIpc) is 3.58. The summed E-state index contributed by atoms with van der Waals surface area (Å²) in [7, 11) is 0. The number of aromatic amines is 1. The number of ether oxygens (including phenoxy) is 1. The number of H-pyrrole nitrogens is 1. The Morgan fingerprint density at radius 1 is 0.824 bits per heavy atom. The Morgan fingerprint density at radius 3 is 2.16 bits per heavy atom. The summed E-state index contributed by atoms with van der Waals surface area (Å²) in [6.07, 6.45) is -16.2. The van der Waals surface area contributed by atoms with Gasteiger partial charge in [-0.2, -0.15) is 26.3 Å². The summed E-state index contributed by atoms with van der Waals surface area (Å²) >= 11 is 0. The maximum Gasteiger partial charge on any atom is 0.573 e. The Bertz CT molecular complexity index is 1960. The zero-order valence-corrected chi connectivity index (χ0v) is 25.6. The molecule has 0 saturated heterocycles. The number of urea groups is 1. The van der Waals surface area contributed by atoms with E-state index in [-0.39, 0.29) is 29.0 Å². The van der Waals surface area contributed by atoms with Crippen LogP contribution in [0.1, 0.15) is 17.5 Å². The summed E-state index contributed by atoms with van der Waals surface area (Å²) in [6.45, 7) is -1.67. The molecule has 5 aromatic rings. The molecule has 0 fully saturated rings. The van der Waals surface area contributed by atoms with Crippen LogP contribution in [0.3, 0.4) is 0 Å². The second-order valence-corrected chi connectivity index (χ2v) is 10.8. The third kappa shape index (κ3) is 9.86. The van der Waals surface area contributed by atoms with E-state index in [1.807, 2.05) is 0 Å². The zero-order chi connectivity index (χ0) is 37.0. The van der Waals surface area contributed by atoms with E-state index in [4.69, 9.17) is 0 Å². The van der Waals surface area contributed by atoms with Gasteiger partial charge in [-0.3, -0.25) is 0 Å². The molecule has 0 aliphatic heterocycles. The number of halogens is 10. The van der Waals surface area contributed by atoms with E-state index < -0.39 is 67.0 Å². The van der Waals surface area contributed by atoms with E-state index in [1.165, 1.54) is 18.2 Å². The minimum atomic E-state index is -5.06. The van der Waals surface area contributed by atoms with Gasteiger partial charge < -0.3 is 20.3 Å². The smallest absolute Gasteiger partial charge is 0.406 e. The van der Waals surface area contributed by atoms with Crippen LogP contribution >= 0.6 is 0 Å². The molecule has 4 aromatic carbocycles. The molecule has 1 heterocycles. The first-order chi connectivity index (χ1) is 23.9. The van der Waals surface area contributed by atoms with Crippen molar-refractivity contribution in [2.75, 3.05) is 22.1 Å². The Morgan fingerprint density at radius 2 is 1.53 bits per heavy atom. The first kappa shape index (κ1) is 36.4. The number of aromatic nitrogens is 4. The number of hydrogen-bond donors (Lipinski definition) is 3. The molecule has 0 spiro atoms. The second kappa shape index (κ2) is 14.5. The average molecular weight is 728 g/mol. The van der Waals surface area contributed by atoms with Gasteiger partial charge in [0.2, 0.25) is 0 Å². The quantitative estimate of drug-likeness (QED) is 0.124. The first-order valence-corrected chi connectivity index (χ1v) is 14.5. The van der Waals surface area contributed by atoms with Crippen molar-refractivity contribution in [1.82, 2.24) is 20.6 Å². The molecule has 5 rings (SSSR count). The predicted molar refractivity (Wildman–Crippen MR) is 164 cm³/mol. The maximum absolute atomic E-state index is 13.9. The summed E-state index contributed by atoms with van der Waals surface area (Å²) < 4.78 is 138. The number of benzene rings is 4. The van der Waals surface area contributed by atoms with Crippen molar-refractivity contribution in [3.8, 4) is 28.3 Å². The van der Waals surface area contributed by atoms with E-state index >= 15 is 0 Å². The van der Waals surface area contributed by atoms with Gasteiger partial charge in [-0.15, -0.1) is 18.3 Å². The monoisotopic (exact) mass is 727 g/mol. The molecule has 0 bridgehead atoms. The highest BCUT2D eigenvalue weighted by atomic mass is 19.4. The highest BCUT2D eigenvalue weighted by Crippen LogP contribution is 2.39. The lowest BCUT2D eigenvalue weighted by molar-refractivity contribution is -0.274. The van der Waals surface area contributed by atoms with Crippen LogP contribution in [0.2, 0.25) is 0 Å². The van der Waals surface area contributed by atoms with Gasteiger partial charge in [0.15, 0.2) is 5.82 Å². The molecule has 9 nitrogen and oxygen atoms in total. The minimum absolute atomic E-state index is 0.0158. The maximum atomic E-state index is 13.9. The number of nitrogens with zero attached hydrogens (tertiary/aromatic N) is 4. The number of amides is 2. The lowest BCUT2D eigenvalue weighted by atomic mass is 9.98. The third-order valence-electron chi connectivity index (χ3n) is 7.17. The molecule has 0 unspecified atom stereocenters. The van der Waals surface area contributed by atoms with Crippen LogP contribution in [0, 0.1) is 5.82 Å². The van der Waals surface area contributed by atoms with Crippen molar-refractivity contribution >= 4 is 23.1 Å². The van der Waals surface area contributed by atoms with Gasteiger partial charge in [-0.05, 0) is 75.6 Å². The number of rotatable bonds is 10. The number of alkyl halides is 9. The summed E-state index contributed by atoms with van der Waals surface area (Å²) in [6, 6.07) is 15.5. The summed E-state index contributed by atoms with van der Waals surface area (Å²) in [5, 5.41) is 18.4. The molecule has 0 atom stereocenters. The molecule has 0 saturated carbocycles. The SMILES string of the molecule is O=C(Nc1ccc(OC(F)(F)F)cc1)Nc1cc(-c2ccccc2-c2nnn[nH]2)ccc1N(CCC(F)(F)F)Cc1ccc(F)cc1C(F)(F)F. The van der Waals surface area contributed by atoms with Gasteiger partial charge in [-0.1, -0.05) is 36.4 Å². The number of hydrogen-bond acceptors (Lipinski definition) is 6. The predicted octanol–water partition coefficient (Wildman–Crippen LogP) is 9.19. The second-order valence-electron chi connectivity index (χ2n) is 10.8. The molecule has 0 aliphatic carbocycles.